The summed E-state index contributed by atoms with van der Waals surface area (Å²) in [5.41, 5.74) is 1.74. The Morgan fingerprint density at radius 3 is 2.65 bits per heavy atom. The molecule has 0 spiro atoms. The van der Waals surface area contributed by atoms with Crippen molar-refractivity contribution < 1.29 is 18.8 Å². The van der Waals surface area contributed by atoms with Gasteiger partial charge in [-0.05, 0) is 68.5 Å². The van der Waals surface area contributed by atoms with Gasteiger partial charge in [0.05, 0.1) is 6.61 Å². The number of hydrogen-bond acceptors (Lipinski definition) is 5. The van der Waals surface area contributed by atoms with E-state index in [4.69, 9.17) is 14.0 Å². The van der Waals surface area contributed by atoms with Crippen molar-refractivity contribution in [2.24, 2.45) is 5.92 Å². The molecule has 1 atom stereocenters. The highest BCUT2D eigenvalue weighted by molar-refractivity contribution is 5.73. The topological polar surface area (TPSA) is 73.6 Å². The van der Waals surface area contributed by atoms with Gasteiger partial charge in [0.15, 0.2) is 0 Å². The van der Waals surface area contributed by atoms with Gasteiger partial charge in [-0.2, -0.15) is 0 Å². The van der Waals surface area contributed by atoms with Crippen LogP contribution in [0, 0.1) is 5.92 Å². The third-order valence-corrected chi connectivity index (χ3v) is 5.21. The van der Waals surface area contributed by atoms with Gasteiger partial charge < -0.3 is 19.3 Å². The Bertz CT molecular complexity index is 1010. The van der Waals surface area contributed by atoms with E-state index in [0.717, 1.165) is 59.6 Å². The number of aromatic nitrogens is 1. The van der Waals surface area contributed by atoms with E-state index >= 15 is 0 Å². The number of aryl methyl sites for hydroxylation is 1. The second kappa shape index (κ2) is 9.69. The van der Waals surface area contributed by atoms with Crippen LogP contribution >= 0.6 is 0 Å². The zero-order valence-corrected chi connectivity index (χ0v) is 18.0. The molecule has 1 aliphatic carbocycles. The number of benzene rings is 2. The first-order valence-corrected chi connectivity index (χ1v) is 10.8. The van der Waals surface area contributed by atoms with Crippen molar-refractivity contribution in [2.45, 2.75) is 45.6 Å². The Hall–Kier alpha value is -3.28. The maximum absolute atomic E-state index is 11.1. The first kappa shape index (κ1) is 21.0. The lowest BCUT2D eigenvalue weighted by Gasteiger charge is -2.10. The van der Waals surface area contributed by atoms with E-state index in [1.807, 2.05) is 61.5 Å². The molecule has 1 unspecified atom stereocenters. The Balaban J connectivity index is 1.32. The Morgan fingerprint density at radius 1 is 1.13 bits per heavy atom. The molecular formula is C25H28N2O4. The van der Waals surface area contributed by atoms with E-state index in [0.29, 0.717) is 0 Å². The van der Waals surface area contributed by atoms with Crippen LogP contribution in [0.2, 0.25) is 0 Å². The average molecular weight is 421 g/mol. The molecular weight excluding hydrogens is 392 g/mol. The number of ether oxygens (including phenoxy) is 2. The number of carbonyl (C=O) groups is 1. The van der Waals surface area contributed by atoms with Crippen molar-refractivity contribution in [1.29, 1.82) is 0 Å². The van der Waals surface area contributed by atoms with Crippen LogP contribution in [0.1, 0.15) is 38.9 Å². The Morgan fingerprint density at radius 2 is 1.90 bits per heavy atom. The zero-order valence-electron chi connectivity index (χ0n) is 18.0. The molecule has 0 bridgehead atoms. The largest absolute Gasteiger partial charge is 0.493 e. The summed E-state index contributed by atoms with van der Waals surface area (Å²) in [4.78, 5) is 11.1. The van der Waals surface area contributed by atoms with Gasteiger partial charge in [-0.15, -0.1) is 0 Å². The summed E-state index contributed by atoms with van der Waals surface area (Å²) in [6.45, 7) is 4.28. The molecule has 0 saturated heterocycles. The molecule has 1 aromatic heterocycles. The Kier molecular flexibility index (Phi) is 6.55. The second-order valence-corrected chi connectivity index (χ2v) is 8.17. The van der Waals surface area contributed by atoms with Gasteiger partial charge in [-0.3, -0.25) is 4.79 Å². The summed E-state index contributed by atoms with van der Waals surface area (Å²) >= 11 is 0. The van der Waals surface area contributed by atoms with Crippen molar-refractivity contribution in [3.8, 4) is 28.5 Å². The normalized spacial score (nSPS) is 14.1. The predicted molar refractivity (Wildman–Crippen MR) is 118 cm³/mol. The molecule has 1 aliphatic rings. The number of nitrogens with zero attached hydrogens (tertiary/aromatic N) is 1. The summed E-state index contributed by atoms with van der Waals surface area (Å²) in [7, 11) is 0. The SMILES string of the molecule is CC(=O)NC(C)CCc1cc(-c2ccc(Oc3cccc(OCC4CC4)c3)cc2)no1. The van der Waals surface area contributed by atoms with Gasteiger partial charge in [0.2, 0.25) is 5.91 Å². The van der Waals surface area contributed by atoms with Crippen molar-refractivity contribution in [3.63, 3.8) is 0 Å². The number of rotatable bonds is 10. The summed E-state index contributed by atoms with van der Waals surface area (Å²) in [5, 5.41) is 7.04. The van der Waals surface area contributed by atoms with Gasteiger partial charge in [-0.1, -0.05) is 11.2 Å². The third kappa shape index (κ3) is 6.35. The molecule has 2 aromatic carbocycles. The van der Waals surface area contributed by atoms with Crippen molar-refractivity contribution >= 4 is 5.91 Å². The second-order valence-electron chi connectivity index (χ2n) is 8.17. The average Bonchev–Trinajstić information content (AvgIpc) is 3.47. The number of hydrogen-bond donors (Lipinski definition) is 1. The van der Waals surface area contributed by atoms with Crippen molar-refractivity contribution in [1.82, 2.24) is 10.5 Å². The van der Waals surface area contributed by atoms with Gasteiger partial charge in [-0.25, -0.2) is 0 Å². The summed E-state index contributed by atoms with van der Waals surface area (Å²) < 4.78 is 17.2. The number of carbonyl (C=O) groups excluding carboxylic acids is 1. The summed E-state index contributed by atoms with van der Waals surface area (Å²) in [6.07, 6.45) is 4.05. The first-order chi connectivity index (χ1) is 15.0. The minimum Gasteiger partial charge on any atom is -0.493 e. The van der Waals surface area contributed by atoms with E-state index in [2.05, 4.69) is 10.5 Å². The molecule has 162 valence electrons. The maximum atomic E-state index is 11.1. The highest BCUT2D eigenvalue weighted by Crippen LogP contribution is 2.31. The zero-order chi connectivity index (χ0) is 21.6. The van der Waals surface area contributed by atoms with Crippen LogP contribution in [-0.2, 0) is 11.2 Å². The molecule has 1 N–H and O–H groups in total. The highest BCUT2D eigenvalue weighted by atomic mass is 16.5. The van der Waals surface area contributed by atoms with Gasteiger partial charge >= 0.3 is 0 Å². The maximum Gasteiger partial charge on any atom is 0.217 e. The van der Waals surface area contributed by atoms with Gasteiger partial charge in [0.25, 0.3) is 0 Å². The van der Waals surface area contributed by atoms with Crippen LogP contribution in [0.3, 0.4) is 0 Å². The van der Waals surface area contributed by atoms with Crippen LogP contribution in [0.5, 0.6) is 17.2 Å². The lowest BCUT2D eigenvalue weighted by Crippen LogP contribution is -2.30. The fourth-order valence-electron chi connectivity index (χ4n) is 3.30. The minimum atomic E-state index is -0.0226. The van der Waals surface area contributed by atoms with Crippen LogP contribution in [0.4, 0.5) is 0 Å². The fraction of sp³-hybridized carbons (Fsp3) is 0.360. The molecule has 1 amide bonds. The molecule has 1 saturated carbocycles. The van der Waals surface area contributed by atoms with Gasteiger partial charge in [0, 0.05) is 37.1 Å². The third-order valence-electron chi connectivity index (χ3n) is 5.21. The van der Waals surface area contributed by atoms with E-state index in [-0.39, 0.29) is 11.9 Å². The predicted octanol–water partition coefficient (Wildman–Crippen LogP) is 5.38. The summed E-state index contributed by atoms with van der Waals surface area (Å²) in [5.74, 6) is 3.83. The molecule has 31 heavy (non-hydrogen) atoms. The molecule has 4 rings (SSSR count). The van der Waals surface area contributed by atoms with Crippen LogP contribution in [-0.4, -0.2) is 23.7 Å². The lowest BCUT2D eigenvalue weighted by atomic mass is 10.1. The van der Waals surface area contributed by atoms with Crippen LogP contribution in [0.15, 0.2) is 59.1 Å². The molecule has 6 nitrogen and oxygen atoms in total. The molecule has 0 aliphatic heterocycles. The minimum absolute atomic E-state index is 0.0226. The van der Waals surface area contributed by atoms with Crippen molar-refractivity contribution in [2.75, 3.05) is 6.61 Å². The molecule has 6 heteroatoms. The van der Waals surface area contributed by atoms with E-state index < -0.39 is 0 Å². The molecule has 1 heterocycles. The summed E-state index contributed by atoms with van der Waals surface area (Å²) in [6, 6.07) is 17.5. The first-order valence-electron chi connectivity index (χ1n) is 10.8. The van der Waals surface area contributed by atoms with Crippen LogP contribution in [0.25, 0.3) is 11.3 Å². The van der Waals surface area contributed by atoms with Gasteiger partial charge in [0.1, 0.15) is 28.7 Å². The number of nitrogens with one attached hydrogen (secondary N) is 1. The fourth-order valence-corrected chi connectivity index (χ4v) is 3.30. The van der Waals surface area contributed by atoms with E-state index in [1.165, 1.54) is 19.8 Å². The monoisotopic (exact) mass is 420 g/mol. The molecule has 3 aromatic rings. The van der Waals surface area contributed by atoms with E-state index in [1.54, 1.807) is 0 Å². The van der Waals surface area contributed by atoms with E-state index in [9.17, 15) is 4.79 Å². The molecule has 0 radical (unpaired) electrons. The Labute approximate surface area is 182 Å². The number of amides is 1. The highest BCUT2D eigenvalue weighted by Gasteiger charge is 2.21. The standard InChI is InChI=1S/C25H28N2O4/c1-17(26-18(2)28)6-11-24-15-25(27-31-24)20-9-12-21(13-10-20)30-23-5-3-4-22(14-23)29-16-19-7-8-19/h3-5,9-10,12-15,17,19H,6-8,11,16H2,1-2H3,(H,26,28). The quantitative estimate of drug-likeness (QED) is 0.477. The molecule has 1 fully saturated rings. The smallest absolute Gasteiger partial charge is 0.217 e. The van der Waals surface area contributed by atoms with Crippen molar-refractivity contribution in [3.05, 3.63) is 60.4 Å². The van der Waals surface area contributed by atoms with Crippen LogP contribution < -0.4 is 14.8 Å². The lowest BCUT2D eigenvalue weighted by molar-refractivity contribution is -0.119.